The maximum absolute atomic E-state index is 12.7. The summed E-state index contributed by atoms with van der Waals surface area (Å²) in [5.41, 5.74) is 1.79. The lowest BCUT2D eigenvalue weighted by molar-refractivity contribution is -0.151. The minimum absolute atomic E-state index is 0.0797. The highest BCUT2D eigenvalue weighted by Crippen LogP contribution is 2.35. The Kier molecular flexibility index (Phi) is 5.03. The molecule has 2 fully saturated rings. The second kappa shape index (κ2) is 7.23. The van der Waals surface area contributed by atoms with E-state index in [0.717, 1.165) is 0 Å². The molecule has 1 aromatic rings. The molecule has 1 aliphatic carbocycles. The van der Waals surface area contributed by atoms with Crippen LogP contribution in [0, 0.1) is 18.8 Å². The summed E-state index contributed by atoms with van der Waals surface area (Å²) in [7, 11) is 0. The molecule has 1 aliphatic heterocycles. The number of carbonyl (C=O) groups excluding carboxylic acids is 2. The van der Waals surface area contributed by atoms with Gasteiger partial charge in [0.2, 0.25) is 5.91 Å². The topological polar surface area (TPSA) is 95.9 Å². The molecule has 1 saturated heterocycles. The fraction of sp³-hybridized carbons (Fsp3) is 0.500. The van der Waals surface area contributed by atoms with Crippen molar-refractivity contribution in [2.24, 2.45) is 11.8 Å². The molecule has 134 valence electrons. The van der Waals surface area contributed by atoms with Crippen LogP contribution in [0.4, 0.5) is 5.69 Å². The molecule has 2 aliphatic rings. The number of aliphatic carboxylic acids is 1. The summed E-state index contributed by atoms with van der Waals surface area (Å²) in [4.78, 5) is 37.9. The number of carbonyl (C=O) groups is 3. The van der Waals surface area contributed by atoms with E-state index < -0.39 is 17.8 Å². The minimum atomic E-state index is -0.931. The first-order chi connectivity index (χ1) is 12.0. The van der Waals surface area contributed by atoms with E-state index in [9.17, 15) is 14.4 Å². The van der Waals surface area contributed by atoms with Gasteiger partial charge in [-0.05, 0) is 37.5 Å². The Morgan fingerprint density at radius 1 is 1.16 bits per heavy atom. The molecule has 7 nitrogen and oxygen atoms in total. The summed E-state index contributed by atoms with van der Waals surface area (Å²) in [5.74, 6) is -2.42. The van der Waals surface area contributed by atoms with Crippen LogP contribution in [0.3, 0.4) is 0 Å². The van der Waals surface area contributed by atoms with Crippen LogP contribution in [0.25, 0.3) is 0 Å². The summed E-state index contributed by atoms with van der Waals surface area (Å²) in [6.45, 7) is 3.95. The predicted molar refractivity (Wildman–Crippen MR) is 90.4 cm³/mol. The number of amides is 2. The van der Waals surface area contributed by atoms with Crippen LogP contribution in [0.15, 0.2) is 18.2 Å². The highest BCUT2D eigenvalue weighted by atomic mass is 16.5. The molecule has 0 aromatic heterocycles. The Labute approximate surface area is 146 Å². The van der Waals surface area contributed by atoms with Gasteiger partial charge in [0.15, 0.2) is 0 Å². The molecule has 2 N–H and O–H groups in total. The Morgan fingerprint density at radius 3 is 2.44 bits per heavy atom. The first kappa shape index (κ1) is 17.4. The Bertz CT molecular complexity index is 697. The lowest BCUT2D eigenvalue weighted by Crippen LogP contribution is -2.41. The molecular weight excluding hydrogens is 324 g/mol. The van der Waals surface area contributed by atoms with Gasteiger partial charge in [-0.25, -0.2) is 0 Å². The van der Waals surface area contributed by atoms with Crippen LogP contribution in [0.5, 0.6) is 0 Å². The Morgan fingerprint density at radius 2 is 1.84 bits per heavy atom. The van der Waals surface area contributed by atoms with Gasteiger partial charge in [0.1, 0.15) is 0 Å². The highest BCUT2D eigenvalue weighted by Gasteiger charge is 2.41. The van der Waals surface area contributed by atoms with E-state index in [1.54, 1.807) is 30.0 Å². The molecule has 2 unspecified atom stereocenters. The fourth-order valence-electron chi connectivity index (χ4n) is 3.27. The summed E-state index contributed by atoms with van der Waals surface area (Å²) in [6.07, 6.45) is 1.11. The van der Waals surface area contributed by atoms with Crippen molar-refractivity contribution in [3.8, 4) is 0 Å². The lowest BCUT2D eigenvalue weighted by atomic mass is 9.73. The van der Waals surface area contributed by atoms with Crippen LogP contribution < -0.4 is 5.32 Å². The largest absolute Gasteiger partial charge is 0.481 e. The number of carboxylic acids is 1. The summed E-state index contributed by atoms with van der Waals surface area (Å²) in [6, 6.07) is 5.20. The molecule has 1 aromatic carbocycles. The van der Waals surface area contributed by atoms with Crippen molar-refractivity contribution in [1.82, 2.24) is 4.90 Å². The number of carboxylic acid groups (broad SMARTS) is 1. The average Bonchev–Trinajstić information content (AvgIpc) is 2.55. The van der Waals surface area contributed by atoms with Crippen LogP contribution in [0.2, 0.25) is 0 Å². The fourth-order valence-corrected chi connectivity index (χ4v) is 3.27. The summed E-state index contributed by atoms with van der Waals surface area (Å²) in [5, 5.41) is 11.9. The molecule has 1 heterocycles. The van der Waals surface area contributed by atoms with E-state index in [-0.39, 0.29) is 11.8 Å². The first-order valence-electron chi connectivity index (χ1n) is 8.49. The smallest absolute Gasteiger partial charge is 0.307 e. The number of hydrogen-bond acceptors (Lipinski definition) is 4. The highest BCUT2D eigenvalue weighted by molar-refractivity contribution is 6.00. The van der Waals surface area contributed by atoms with Crippen LogP contribution in [-0.2, 0) is 14.3 Å². The molecule has 2 atom stereocenters. The first-order valence-corrected chi connectivity index (χ1v) is 8.49. The zero-order valence-electron chi connectivity index (χ0n) is 14.2. The van der Waals surface area contributed by atoms with Crippen molar-refractivity contribution in [2.75, 3.05) is 31.6 Å². The number of benzene rings is 1. The van der Waals surface area contributed by atoms with Gasteiger partial charge in [0.25, 0.3) is 5.91 Å². The van der Waals surface area contributed by atoms with E-state index in [1.807, 2.05) is 0 Å². The molecule has 0 bridgehead atoms. The number of rotatable bonds is 4. The van der Waals surface area contributed by atoms with Gasteiger partial charge in [0, 0.05) is 24.3 Å². The monoisotopic (exact) mass is 346 g/mol. The lowest BCUT2D eigenvalue weighted by Gasteiger charge is -2.32. The van der Waals surface area contributed by atoms with Crippen LogP contribution >= 0.6 is 0 Å². The number of ether oxygens (including phenoxy) is 1. The number of nitrogens with zero attached hydrogens (tertiary/aromatic N) is 1. The molecule has 25 heavy (non-hydrogen) atoms. The standard InChI is InChI=1S/C18H22N2O5/c1-11-12(17(22)20-7-9-25-10-8-20)3-2-4-15(11)19-16(21)13-5-6-14(13)18(23)24/h2-4,13-14H,5-10H2,1H3,(H,19,21)(H,23,24). The van der Waals surface area contributed by atoms with Gasteiger partial charge in [0.05, 0.1) is 25.0 Å². The quantitative estimate of drug-likeness (QED) is 0.862. The van der Waals surface area contributed by atoms with E-state index in [1.165, 1.54) is 0 Å². The SMILES string of the molecule is Cc1c(NC(=O)C2CCC2C(=O)O)cccc1C(=O)N1CCOCC1. The minimum Gasteiger partial charge on any atom is -0.481 e. The van der Waals surface area contributed by atoms with Gasteiger partial charge < -0.3 is 20.1 Å². The van der Waals surface area contributed by atoms with E-state index in [0.29, 0.717) is 56.0 Å². The molecular formula is C18H22N2O5. The van der Waals surface area contributed by atoms with Gasteiger partial charge in [-0.1, -0.05) is 6.07 Å². The van der Waals surface area contributed by atoms with Gasteiger partial charge >= 0.3 is 5.97 Å². The molecule has 0 spiro atoms. The zero-order valence-corrected chi connectivity index (χ0v) is 14.2. The predicted octanol–water partition coefficient (Wildman–Crippen LogP) is 1.52. The van der Waals surface area contributed by atoms with E-state index in [4.69, 9.17) is 9.84 Å². The Hall–Kier alpha value is -2.41. The normalized spacial score (nSPS) is 22.8. The Balaban J connectivity index is 1.73. The second-order valence-electron chi connectivity index (χ2n) is 6.50. The maximum atomic E-state index is 12.7. The molecule has 3 rings (SSSR count). The van der Waals surface area contributed by atoms with Gasteiger partial charge in [-0.2, -0.15) is 0 Å². The molecule has 0 radical (unpaired) electrons. The summed E-state index contributed by atoms with van der Waals surface area (Å²) >= 11 is 0. The third-order valence-electron chi connectivity index (χ3n) is 5.05. The number of hydrogen-bond donors (Lipinski definition) is 2. The van der Waals surface area contributed by atoms with E-state index >= 15 is 0 Å². The molecule has 2 amide bonds. The van der Waals surface area contributed by atoms with Gasteiger partial charge in [-0.15, -0.1) is 0 Å². The van der Waals surface area contributed by atoms with Crippen molar-refractivity contribution >= 4 is 23.5 Å². The number of anilines is 1. The second-order valence-corrected chi connectivity index (χ2v) is 6.50. The van der Waals surface area contributed by atoms with Crippen LogP contribution in [0.1, 0.15) is 28.8 Å². The van der Waals surface area contributed by atoms with Crippen molar-refractivity contribution in [2.45, 2.75) is 19.8 Å². The van der Waals surface area contributed by atoms with Gasteiger partial charge in [-0.3, -0.25) is 14.4 Å². The van der Waals surface area contributed by atoms with Crippen molar-refractivity contribution in [1.29, 1.82) is 0 Å². The molecule has 1 saturated carbocycles. The maximum Gasteiger partial charge on any atom is 0.307 e. The van der Waals surface area contributed by atoms with Crippen molar-refractivity contribution in [3.63, 3.8) is 0 Å². The third kappa shape index (κ3) is 3.51. The zero-order chi connectivity index (χ0) is 18.0. The average molecular weight is 346 g/mol. The molecule has 7 heteroatoms. The third-order valence-corrected chi connectivity index (χ3v) is 5.05. The van der Waals surface area contributed by atoms with E-state index in [2.05, 4.69) is 5.32 Å². The number of morpholine rings is 1. The van der Waals surface area contributed by atoms with Crippen LogP contribution in [-0.4, -0.2) is 54.1 Å². The van der Waals surface area contributed by atoms with Crippen molar-refractivity contribution < 1.29 is 24.2 Å². The summed E-state index contributed by atoms with van der Waals surface area (Å²) < 4.78 is 5.27. The van der Waals surface area contributed by atoms with Crippen molar-refractivity contribution in [3.05, 3.63) is 29.3 Å². The number of nitrogens with one attached hydrogen (secondary N) is 1.